The smallest absolute Gasteiger partial charge is 0.360 e. The molecule has 0 radical (unpaired) electrons. The van der Waals surface area contributed by atoms with Crippen molar-refractivity contribution in [1.82, 2.24) is 9.97 Å². The zero-order chi connectivity index (χ0) is 21.5. The molecule has 1 aromatic heterocycles. The van der Waals surface area contributed by atoms with E-state index in [1.165, 1.54) is 37.1 Å². The predicted molar refractivity (Wildman–Crippen MR) is 123 cm³/mol. The highest BCUT2D eigenvalue weighted by atomic mass is 16.6. The van der Waals surface area contributed by atoms with Gasteiger partial charge in [-0.25, -0.2) is 9.78 Å². The summed E-state index contributed by atoms with van der Waals surface area (Å²) in [5.74, 6) is -0.430. The molecular formula is C26H26N4O2. The van der Waals surface area contributed by atoms with Gasteiger partial charge in [-0.15, -0.1) is 0 Å². The number of anilines is 2. The number of carbonyl (C=O) groups excluding carboxylic acids is 1. The largest absolute Gasteiger partial charge is 0.438 e. The highest BCUT2D eigenvalue weighted by molar-refractivity contribution is 5.93. The molecule has 0 aliphatic carbocycles. The Morgan fingerprint density at radius 3 is 1.66 bits per heavy atom. The lowest BCUT2D eigenvalue weighted by atomic mass is 9.83. The van der Waals surface area contributed by atoms with Crippen LogP contribution in [0.15, 0.2) is 60.9 Å². The number of nitrogens with zero attached hydrogens (tertiary/aromatic N) is 4. The molecule has 0 atom stereocenters. The van der Waals surface area contributed by atoms with E-state index >= 15 is 0 Å². The first-order valence-corrected chi connectivity index (χ1v) is 11.5. The minimum Gasteiger partial charge on any atom is -0.438 e. The van der Waals surface area contributed by atoms with Crippen molar-refractivity contribution in [2.24, 2.45) is 0 Å². The molecule has 6 nitrogen and oxygen atoms in total. The molecule has 0 spiro atoms. The average molecular weight is 427 g/mol. The van der Waals surface area contributed by atoms with Crippen LogP contribution in [-0.2, 0) is 10.3 Å². The topological polar surface area (TPSA) is 58.6 Å². The van der Waals surface area contributed by atoms with Crippen molar-refractivity contribution in [2.45, 2.75) is 31.3 Å². The maximum atomic E-state index is 12.8. The lowest BCUT2D eigenvalue weighted by Gasteiger charge is -2.30. The molecule has 3 aliphatic heterocycles. The number of benzene rings is 2. The summed E-state index contributed by atoms with van der Waals surface area (Å²) in [7, 11) is 0. The van der Waals surface area contributed by atoms with Crippen molar-refractivity contribution < 1.29 is 9.53 Å². The van der Waals surface area contributed by atoms with Crippen molar-refractivity contribution >= 4 is 17.3 Å². The molecule has 0 N–H and O–H groups in total. The lowest BCUT2D eigenvalue weighted by Crippen LogP contribution is -2.30. The number of esters is 1. The normalized spacial score (nSPS) is 19.3. The highest BCUT2D eigenvalue weighted by Crippen LogP contribution is 2.46. The Morgan fingerprint density at radius 1 is 0.688 bits per heavy atom. The highest BCUT2D eigenvalue weighted by Gasteiger charge is 2.51. The standard InChI is InChI=1S/C26H26N4O2/c31-25-23-24(28-14-13-27-23)26(32-25,19-5-9-21(10-6-19)29-15-1-2-16-29)20-7-11-22(12-8-20)30-17-3-4-18-30/h5-14H,1-4,15-18H2. The molecule has 32 heavy (non-hydrogen) atoms. The van der Waals surface area contributed by atoms with Crippen molar-refractivity contribution in [2.75, 3.05) is 36.0 Å². The van der Waals surface area contributed by atoms with E-state index in [1.807, 2.05) is 0 Å². The van der Waals surface area contributed by atoms with E-state index in [2.05, 4.69) is 68.3 Å². The summed E-state index contributed by atoms with van der Waals surface area (Å²) in [6, 6.07) is 16.8. The van der Waals surface area contributed by atoms with Crippen molar-refractivity contribution in [1.29, 1.82) is 0 Å². The lowest BCUT2D eigenvalue weighted by molar-refractivity contribution is 0.0241. The van der Waals surface area contributed by atoms with Gasteiger partial charge in [0.15, 0.2) is 5.69 Å². The van der Waals surface area contributed by atoms with Crippen molar-refractivity contribution in [3.8, 4) is 0 Å². The Kier molecular flexibility index (Phi) is 4.59. The Bertz CT molecular complexity index is 1070. The van der Waals surface area contributed by atoms with E-state index in [1.54, 1.807) is 12.4 Å². The Balaban J connectivity index is 1.45. The predicted octanol–water partition coefficient (Wildman–Crippen LogP) is 4.14. The fraction of sp³-hybridized carbons (Fsp3) is 0.346. The molecule has 3 aliphatic rings. The van der Waals surface area contributed by atoms with Gasteiger partial charge in [0, 0.05) is 61.1 Å². The van der Waals surface area contributed by atoms with Gasteiger partial charge in [0.25, 0.3) is 0 Å². The van der Waals surface area contributed by atoms with Crippen LogP contribution in [0.5, 0.6) is 0 Å². The molecule has 6 heteroatoms. The van der Waals surface area contributed by atoms with Gasteiger partial charge < -0.3 is 14.5 Å². The summed E-state index contributed by atoms with van der Waals surface area (Å²) < 4.78 is 6.13. The van der Waals surface area contributed by atoms with E-state index in [0.717, 1.165) is 37.3 Å². The first kappa shape index (κ1) is 19.3. The molecule has 0 amide bonds. The van der Waals surface area contributed by atoms with Gasteiger partial charge in [-0.2, -0.15) is 0 Å². The van der Waals surface area contributed by atoms with Gasteiger partial charge in [-0.3, -0.25) is 4.98 Å². The fourth-order valence-electron chi connectivity index (χ4n) is 5.30. The zero-order valence-electron chi connectivity index (χ0n) is 18.0. The minimum absolute atomic E-state index is 0.291. The third-order valence-corrected chi connectivity index (χ3v) is 6.96. The molecule has 0 saturated carbocycles. The number of ether oxygens (including phenoxy) is 1. The molecule has 0 bridgehead atoms. The first-order valence-electron chi connectivity index (χ1n) is 11.5. The molecule has 162 valence electrons. The van der Waals surface area contributed by atoms with Gasteiger partial charge >= 0.3 is 5.97 Å². The van der Waals surface area contributed by atoms with E-state index in [9.17, 15) is 4.79 Å². The molecular weight excluding hydrogens is 400 g/mol. The summed E-state index contributed by atoms with van der Waals surface area (Å²) in [6.07, 6.45) is 8.10. The third-order valence-electron chi connectivity index (χ3n) is 6.96. The number of fused-ring (bicyclic) bond motifs is 1. The SMILES string of the molecule is O=C1OC(c2ccc(N3CCCC3)cc2)(c2ccc(N3CCCC3)cc2)c2nccnc21. The maximum Gasteiger partial charge on any atom is 0.360 e. The number of cyclic esters (lactones) is 1. The molecule has 2 fully saturated rings. The Hall–Kier alpha value is -3.41. The second kappa shape index (κ2) is 7.62. The molecule has 2 saturated heterocycles. The van der Waals surface area contributed by atoms with Crippen molar-refractivity contribution in [3.05, 3.63) is 83.4 Å². The fourth-order valence-corrected chi connectivity index (χ4v) is 5.30. The van der Waals surface area contributed by atoms with Crippen LogP contribution in [0, 0.1) is 0 Å². The van der Waals surface area contributed by atoms with Gasteiger partial charge in [0.2, 0.25) is 5.60 Å². The first-order chi connectivity index (χ1) is 15.8. The van der Waals surface area contributed by atoms with E-state index in [4.69, 9.17) is 4.74 Å². The van der Waals surface area contributed by atoms with Crippen LogP contribution in [0.25, 0.3) is 0 Å². The quantitative estimate of drug-likeness (QED) is 0.585. The van der Waals surface area contributed by atoms with Crippen LogP contribution in [0.3, 0.4) is 0 Å². The summed E-state index contributed by atoms with van der Waals surface area (Å²) in [4.78, 5) is 26.5. The number of carbonyl (C=O) groups is 1. The van der Waals surface area contributed by atoms with E-state index < -0.39 is 11.6 Å². The summed E-state index contributed by atoms with van der Waals surface area (Å²) in [5.41, 5.74) is 3.95. The van der Waals surface area contributed by atoms with Crippen LogP contribution >= 0.6 is 0 Å². The third kappa shape index (κ3) is 2.97. The van der Waals surface area contributed by atoms with Gasteiger partial charge in [-0.05, 0) is 49.9 Å². The van der Waals surface area contributed by atoms with Crippen LogP contribution in [0.4, 0.5) is 11.4 Å². The van der Waals surface area contributed by atoms with Gasteiger partial charge in [0.05, 0.1) is 0 Å². The Labute approximate surface area is 187 Å². The minimum atomic E-state index is -1.09. The van der Waals surface area contributed by atoms with Crippen LogP contribution in [-0.4, -0.2) is 42.1 Å². The second-order valence-electron chi connectivity index (χ2n) is 8.81. The molecule has 3 aromatic rings. The van der Waals surface area contributed by atoms with Crippen LogP contribution in [0.1, 0.15) is 53.0 Å². The zero-order valence-corrected chi connectivity index (χ0v) is 18.0. The number of hydrogen-bond donors (Lipinski definition) is 0. The van der Waals surface area contributed by atoms with Gasteiger partial charge in [0.1, 0.15) is 5.69 Å². The summed E-state index contributed by atoms with van der Waals surface area (Å²) in [6.45, 7) is 4.36. The maximum absolute atomic E-state index is 12.8. The molecule has 0 unspecified atom stereocenters. The van der Waals surface area contributed by atoms with Crippen LogP contribution < -0.4 is 9.80 Å². The number of hydrogen-bond acceptors (Lipinski definition) is 6. The molecule has 6 rings (SSSR count). The number of rotatable bonds is 4. The molecule has 2 aromatic carbocycles. The summed E-state index contributed by atoms with van der Waals surface area (Å²) in [5, 5.41) is 0. The second-order valence-corrected chi connectivity index (χ2v) is 8.81. The monoisotopic (exact) mass is 426 g/mol. The van der Waals surface area contributed by atoms with E-state index in [-0.39, 0.29) is 0 Å². The average Bonchev–Trinajstić information content (AvgIpc) is 3.61. The van der Waals surface area contributed by atoms with Crippen molar-refractivity contribution in [3.63, 3.8) is 0 Å². The number of aromatic nitrogens is 2. The van der Waals surface area contributed by atoms with E-state index in [0.29, 0.717) is 11.4 Å². The Morgan fingerprint density at radius 2 is 1.16 bits per heavy atom. The molecule has 4 heterocycles. The van der Waals surface area contributed by atoms with Gasteiger partial charge in [-0.1, -0.05) is 24.3 Å². The summed E-state index contributed by atoms with van der Waals surface area (Å²) >= 11 is 0. The van der Waals surface area contributed by atoms with Crippen LogP contribution in [0.2, 0.25) is 0 Å².